The Hall–Kier alpha value is -1.18. The van der Waals surface area contributed by atoms with Crippen molar-refractivity contribution in [2.24, 2.45) is 0 Å². The van der Waals surface area contributed by atoms with Gasteiger partial charge in [0.05, 0.1) is 6.61 Å². The first-order chi connectivity index (χ1) is 9.45. The van der Waals surface area contributed by atoms with Crippen molar-refractivity contribution in [3.63, 3.8) is 0 Å². The molecule has 1 aromatic rings. The quantitative estimate of drug-likeness (QED) is 0.642. The first kappa shape index (κ1) is 16.9. The molecule has 2 heteroatoms. The van der Waals surface area contributed by atoms with E-state index in [1.165, 1.54) is 32.1 Å². The van der Waals surface area contributed by atoms with Crippen LogP contribution in [-0.4, -0.2) is 11.7 Å². The van der Waals surface area contributed by atoms with Gasteiger partial charge in [0.25, 0.3) is 0 Å². The summed E-state index contributed by atoms with van der Waals surface area (Å²) in [6.07, 6.45) is 7.62. The molecule has 0 aromatic heterocycles. The van der Waals surface area contributed by atoms with Crippen molar-refractivity contribution < 1.29 is 9.84 Å². The predicted octanol–water partition coefficient (Wildman–Crippen LogP) is 5.43. The van der Waals surface area contributed by atoms with Gasteiger partial charge in [-0.25, -0.2) is 0 Å². The zero-order valence-corrected chi connectivity index (χ0v) is 13.5. The zero-order valence-electron chi connectivity index (χ0n) is 13.5. The summed E-state index contributed by atoms with van der Waals surface area (Å²) in [5.41, 5.74) is 0.877. The molecule has 1 aromatic carbocycles. The van der Waals surface area contributed by atoms with Crippen LogP contribution in [0, 0.1) is 0 Å². The SMILES string of the molecule is CCCCCCCCOc1ccc(O)c(C(C)(C)C)c1. The number of ether oxygens (including phenoxy) is 1. The Morgan fingerprint density at radius 3 is 2.30 bits per heavy atom. The van der Waals surface area contributed by atoms with E-state index in [1.54, 1.807) is 6.07 Å². The number of phenolic OH excluding ortho intramolecular Hbond substituents is 1. The van der Waals surface area contributed by atoms with Crippen LogP contribution in [0.3, 0.4) is 0 Å². The Kier molecular flexibility index (Phi) is 6.90. The van der Waals surface area contributed by atoms with E-state index in [9.17, 15) is 5.11 Å². The van der Waals surface area contributed by atoms with Gasteiger partial charge in [0.2, 0.25) is 0 Å². The minimum absolute atomic E-state index is 0.0659. The second-order valence-electron chi connectivity index (χ2n) is 6.55. The molecule has 0 bridgehead atoms. The molecule has 20 heavy (non-hydrogen) atoms. The van der Waals surface area contributed by atoms with Crippen LogP contribution < -0.4 is 4.74 Å². The second-order valence-corrected chi connectivity index (χ2v) is 6.55. The summed E-state index contributed by atoms with van der Waals surface area (Å²) in [6, 6.07) is 5.55. The summed E-state index contributed by atoms with van der Waals surface area (Å²) in [6.45, 7) is 9.29. The summed E-state index contributed by atoms with van der Waals surface area (Å²) in [5.74, 6) is 1.21. The average Bonchev–Trinajstić information content (AvgIpc) is 2.38. The number of aromatic hydroxyl groups is 1. The average molecular weight is 278 g/mol. The fourth-order valence-corrected chi connectivity index (χ4v) is 2.28. The van der Waals surface area contributed by atoms with Gasteiger partial charge in [-0.2, -0.15) is 0 Å². The Bertz CT molecular complexity index is 391. The summed E-state index contributed by atoms with van der Waals surface area (Å²) in [5, 5.41) is 9.91. The molecule has 0 heterocycles. The van der Waals surface area contributed by atoms with Crippen molar-refractivity contribution in [3.05, 3.63) is 23.8 Å². The van der Waals surface area contributed by atoms with Gasteiger partial charge in [0.1, 0.15) is 11.5 Å². The largest absolute Gasteiger partial charge is 0.508 e. The number of hydrogen-bond donors (Lipinski definition) is 1. The summed E-state index contributed by atoms with van der Waals surface area (Å²) < 4.78 is 5.79. The van der Waals surface area contributed by atoms with E-state index >= 15 is 0 Å². The van der Waals surface area contributed by atoms with Crippen LogP contribution in [0.5, 0.6) is 11.5 Å². The number of rotatable bonds is 8. The van der Waals surface area contributed by atoms with Gasteiger partial charge in [0, 0.05) is 5.56 Å². The summed E-state index contributed by atoms with van der Waals surface area (Å²) >= 11 is 0. The zero-order chi connectivity index (χ0) is 15.0. The molecule has 0 fully saturated rings. The van der Waals surface area contributed by atoms with E-state index in [-0.39, 0.29) is 5.41 Å². The van der Waals surface area contributed by atoms with Crippen LogP contribution in [0.1, 0.15) is 71.8 Å². The monoisotopic (exact) mass is 278 g/mol. The maximum absolute atomic E-state index is 9.91. The summed E-state index contributed by atoms with van der Waals surface area (Å²) in [7, 11) is 0. The molecule has 0 saturated carbocycles. The lowest BCUT2D eigenvalue weighted by Crippen LogP contribution is -2.11. The molecular formula is C18H30O2. The predicted molar refractivity (Wildman–Crippen MR) is 85.7 cm³/mol. The maximum Gasteiger partial charge on any atom is 0.119 e. The van der Waals surface area contributed by atoms with Crippen molar-refractivity contribution in [2.75, 3.05) is 6.61 Å². The van der Waals surface area contributed by atoms with E-state index in [2.05, 4.69) is 27.7 Å². The van der Waals surface area contributed by atoms with Crippen molar-refractivity contribution in [1.29, 1.82) is 0 Å². The molecule has 1 rings (SSSR count). The standard InChI is InChI=1S/C18H30O2/c1-5-6-7-8-9-10-13-20-15-11-12-17(19)16(14-15)18(2,3)4/h11-12,14,19H,5-10,13H2,1-4H3. The Labute approximate surface area is 124 Å². The summed E-state index contributed by atoms with van der Waals surface area (Å²) in [4.78, 5) is 0. The number of unbranched alkanes of at least 4 members (excludes halogenated alkanes) is 5. The molecular weight excluding hydrogens is 248 g/mol. The topological polar surface area (TPSA) is 29.5 Å². The van der Waals surface area contributed by atoms with E-state index in [1.807, 2.05) is 12.1 Å². The van der Waals surface area contributed by atoms with Crippen molar-refractivity contribution in [1.82, 2.24) is 0 Å². The molecule has 0 aliphatic rings. The van der Waals surface area contributed by atoms with Crippen molar-refractivity contribution >= 4 is 0 Å². The maximum atomic E-state index is 9.91. The Morgan fingerprint density at radius 2 is 1.65 bits per heavy atom. The highest BCUT2D eigenvalue weighted by atomic mass is 16.5. The van der Waals surface area contributed by atoms with Crippen LogP contribution in [0.4, 0.5) is 0 Å². The first-order valence-corrected chi connectivity index (χ1v) is 7.91. The molecule has 1 N–H and O–H groups in total. The highest BCUT2D eigenvalue weighted by Crippen LogP contribution is 2.33. The molecule has 0 aliphatic heterocycles. The fraction of sp³-hybridized carbons (Fsp3) is 0.667. The fourth-order valence-electron chi connectivity index (χ4n) is 2.28. The molecule has 0 spiro atoms. The van der Waals surface area contributed by atoms with Crippen LogP contribution in [0.15, 0.2) is 18.2 Å². The molecule has 0 atom stereocenters. The van der Waals surface area contributed by atoms with Crippen molar-refractivity contribution in [3.8, 4) is 11.5 Å². The molecule has 0 amide bonds. The minimum Gasteiger partial charge on any atom is -0.508 e. The normalized spacial score (nSPS) is 11.6. The van der Waals surface area contributed by atoms with Crippen LogP contribution in [0.2, 0.25) is 0 Å². The molecule has 114 valence electrons. The van der Waals surface area contributed by atoms with Crippen molar-refractivity contribution in [2.45, 2.75) is 71.6 Å². The Morgan fingerprint density at radius 1 is 1.00 bits per heavy atom. The van der Waals surface area contributed by atoms with Gasteiger partial charge in [0.15, 0.2) is 0 Å². The lowest BCUT2D eigenvalue weighted by atomic mass is 9.86. The van der Waals surface area contributed by atoms with E-state index in [4.69, 9.17) is 4.74 Å². The molecule has 0 saturated heterocycles. The van der Waals surface area contributed by atoms with Gasteiger partial charge in [-0.15, -0.1) is 0 Å². The molecule has 0 radical (unpaired) electrons. The lowest BCUT2D eigenvalue weighted by molar-refractivity contribution is 0.302. The van der Waals surface area contributed by atoms with Gasteiger partial charge >= 0.3 is 0 Å². The van der Waals surface area contributed by atoms with Crippen LogP contribution in [0.25, 0.3) is 0 Å². The smallest absolute Gasteiger partial charge is 0.119 e. The second kappa shape index (κ2) is 8.18. The third kappa shape index (κ3) is 5.85. The van der Waals surface area contributed by atoms with Gasteiger partial charge in [-0.05, 0) is 30.0 Å². The number of phenols is 1. The Balaban J connectivity index is 2.38. The highest BCUT2D eigenvalue weighted by molar-refractivity contribution is 5.43. The minimum atomic E-state index is -0.0659. The first-order valence-electron chi connectivity index (χ1n) is 7.91. The third-order valence-corrected chi connectivity index (χ3v) is 3.54. The molecule has 0 aliphatic carbocycles. The van der Waals surface area contributed by atoms with E-state index < -0.39 is 0 Å². The van der Waals surface area contributed by atoms with E-state index in [0.29, 0.717) is 5.75 Å². The van der Waals surface area contributed by atoms with Gasteiger partial charge in [-0.3, -0.25) is 0 Å². The molecule has 0 unspecified atom stereocenters. The molecule has 2 nitrogen and oxygen atoms in total. The van der Waals surface area contributed by atoms with Gasteiger partial charge in [-0.1, -0.05) is 59.8 Å². The highest BCUT2D eigenvalue weighted by Gasteiger charge is 2.18. The third-order valence-electron chi connectivity index (χ3n) is 3.54. The van der Waals surface area contributed by atoms with Gasteiger partial charge < -0.3 is 9.84 Å². The lowest BCUT2D eigenvalue weighted by Gasteiger charge is -2.21. The van der Waals surface area contributed by atoms with Crippen LogP contribution in [-0.2, 0) is 5.41 Å². The van der Waals surface area contributed by atoms with E-state index in [0.717, 1.165) is 24.3 Å². The van der Waals surface area contributed by atoms with Crippen LogP contribution >= 0.6 is 0 Å². The number of benzene rings is 1. The number of hydrogen-bond acceptors (Lipinski definition) is 2.